The lowest BCUT2D eigenvalue weighted by atomic mass is 10.0. The largest absolute Gasteiger partial charge is 0.480 e. The Hall–Kier alpha value is -1.77. The molecule has 0 saturated carbocycles. The Bertz CT molecular complexity index is 578. The van der Waals surface area contributed by atoms with Gasteiger partial charge in [0.2, 0.25) is 5.91 Å². The van der Waals surface area contributed by atoms with Gasteiger partial charge in [-0.05, 0) is 31.4 Å². The van der Waals surface area contributed by atoms with Crippen LogP contribution in [0.25, 0.3) is 0 Å². The second kappa shape index (κ2) is 7.20. The van der Waals surface area contributed by atoms with Crippen molar-refractivity contribution in [3.8, 4) is 0 Å². The molecule has 1 saturated heterocycles. The number of carbonyl (C=O) groups is 2. The fourth-order valence-electron chi connectivity index (χ4n) is 2.34. The number of likely N-dealkylation sites (tertiary alicyclic amines) is 1. The maximum atomic E-state index is 12.4. The molecule has 1 N–H and O–H groups in total. The first-order chi connectivity index (χ1) is 10.8. The van der Waals surface area contributed by atoms with E-state index >= 15 is 0 Å². The first-order valence-corrected chi connectivity index (χ1v) is 7.96. The Labute approximate surface area is 134 Å². The van der Waals surface area contributed by atoms with Crippen LogP contribution in [0, 0.1) is 0 Å². The van der Waals surface area contributed by atoms with E-state index in [2.05, 4.69) is 4.98 Å². The van der Waals surface area contributed by atoms with E-state index in [9.17, 15) is 22.8 Å². The number of hydrogen-bond acceptors (Lipinski definition) is 4. The zero-order valence-corrected chi connectivity index (χ0v) is 12.9. The van der Waals surface area contributed by atoms with Crippen molar-refractivity contribution in [2.75, 3.05) is 12.3 Å². The zero-order valence-electron chi connectivity index (χ0n) is 12.0. The smallest absolute Gasteiger partial charge is 0.417 e. The highest BCUT2D eigenvalue weighted by Gasteiger charge is 2.32. The molecule has 23 heavy (non-hydrogen) atoms. The summed E-state index contributed by atoms with van der Waals surface area (Å²) in [5, 5.41) is 9.42. The van der Waals surface area contributed by atoms with Gasteiger partial charge < -0.3 is 10.0 Å². The average molecular weight is 348 g/mol. The average Bonchev–Trinajstić information content (AvgIpc) is 2.52. The molecule has 0 aliphatic carbocycles. The van der Waals surface area contributed by atoms with Gasteiger partial charge in [0.15, 0.2) is 0 Å². The molecule has 0 radical (unpaired) electrons. The van der Waals surface area contributed by atoms with Crippen molar-refractivity contribution in [2.45, 2.75) is 36.5 Å². The predicted octanol–water partition coefficient (Wildman–Crippen LogP) is 2.66. The molecular formula is C14H15F3N2O3S. The number of carbonyl (C=O) groups excluding carboxylic acids is 1. The summed E-state index contributed by atoms with van der Waals surface area (Å²) in [7, 11) is 0. The van der Waals surface area contributed by atoms with Gasteiger partial charge in [-0.25, -0.2) is 9.78 Å². The molecule has 126 valence electrons. The normalized spacial score (nSPS) is 18.7. The van der Waals surface area contributed by atoms with Crippen LogP contribution >= 0.6 is 11.8 Å². The highest BCUT2D eigenvalue weighted by atomic mass is 32.2. The number of piperidine rings is 1. The number of aromatic nitrogens is 1. The van der Waals surface area contributed by atoms with Crippen LogP contribution in [0.2, 0.25) is 0 Å². The minimum atomic E-state index is -4.45. The van der Waals surface area contributed by atoms with Crippen LogP contribution in [-0.2, 0) is 15.8 Å². The molecule has 0 unspecified atom stereocenters. The quantitative estimate of drug-likeness (QED) is 0.847. The lowest BCUT2D eigenvalue weighted by molar-refractivity contribution is -0.150. The molecule has 1 atom stereocenters. The summed E-state index contributed by atoms with van der Waals surface area (Å²) in [6.07, 6.45) is -1.81. The second-order valence-electron chi connectivity index (χ2n) is 5.11. The third-order valence-electron chi connectivity index (χ3n) is 3.52. The number of aliphatic carboxylic acids is 1. The van der Waals surface area contributed by atoms with Crippen molar-refractivity contribution >= 4 is 23.6 Å². The molecule has 1 amide bonds. The Morgan fingerprint density at radius 2 is 2.09 bits per heavy atom. The molecule has 0 bridgehead atoms. The molecular weight excluding hydrogens is 333 g/mol. The summed E-state index contributed by atoms with van der Waals surface area (Å²) in [5.41, 5.74) is -0.852. The third-order valence-corrected chi connectivity index (χ3v) is 4.44. The Kier molecular flexibility index (Phi) is 5.51. The van der Waals surface area contributed by atoms with E-state index < -0.39 is 23.8 Å². The van der Waals surface area contributed by atoms with Gasteiger partial charge in [-0.3, -0.25) is 4.79 Å². The molecule has 0 spiro atoms. The van der Waals surface area contributed by atoms with Gasteiger partial charge in [0, 0.05) is 12.7 Å². The summed E-state index contributed by atoms with van der Waals surface area (Å²) < 4.78 is 37.3. The van der Waals surface area contributed by atoms with Crippen molar-refractivity contribution in [1.82, 2.24) is 9.88 Å². The summed E-state index contributed by atoms with van der Waals surface area (Å²) in [6, 6.07) is 1.28. The number of amides is 1. The monoisotopic (exact) mass is 348 g/mol. The van der Waals surface area contributed by atoms with Crippen LogP contribution in [0.1, 0.15) is 24.8 Å². The first-order valence-electron chi connectivity index (χ1n) is 6.97. The van der Waals surface area contributed by atoms with Gasteiger partial charge in [0.25, 0.3) is 0 Å². The van der Waals surface area contributed by atoms with Gasteiger partial charge in [-0.15, -0.1) is 0 Å². The molecule has 9 heteroatoms. The van der Waals surface area contributed by atoms with Crippen molar-refractivity contribution in [3.63, 3.8) is 0 Å². The minimum absolute atomic E-state index is 0.0534. The lowest BCUT2D eigenvalue weighted by Crippen LogP contribution is -2.48. The van der Waals surface area contributed by atoms with Gasteiger partial charge in [0.1, 0.15) is 6.04 Å². The Balaban J connectivity index is 1.94. The molecule has 1 aromatic rings. The number of pyridine rings is 1. The SMILES string of the molecule is O=C(O)[C@H]1CCCCN1C(=O)CSc1ccc(C(F)(F)F)cn1. The number of rotatable bonds is 4. The van der Waals surface area contributed by atoms with Gasteiger partial charge in [-0.1, -0.05) is 11.8 Å². The topological polar surface area (TPSA) is 70.5 Å². The van der Waals surface area contributed by atoms with Gasteiger partial charge in [-0.2, -0.15) is 13.2 Å². The van der Waals surface area contributed by atoms with E-state index in [-0.39, 0.29) is 16.7 Å². The maximum Gasteiger partial charge on any atom is 0.417 e. The Morgan fingerprint density at radius 3 is 2.65 bits per heavy atom. The molecule has 0 aromatic carbocycles. The van der Waals surface area contributed by atoms with Crippen LogP contribution in [0.5, 0.6) is 0 Å². The van der Waals surface area contributed by atoms with Gasteiger partial charge in [0.05, 0.1) is 16.3 Å². The molecule has 2 heterocycles. The van der Waals surface area contributed by atoms with Crippen molar-refractivity contribution < 1.29 is 27.9 Å². The maximum absolute atomic E-state index is 12.4. The first kappa shape index (κ1) is 17.6. The van der Waals surface area contributed by atoms with E-state index in [1.165, 1.54) is 11.0 Å². The van der Waals surface area contributed by atoms with Crippen LogP contribution in [-0.4, -0.2) is 45.2 Å². The number of halogens is 3. The number of carboxylic acid groups (broad SMARTS) is 1. The summed E-state index contributed by atoms with van der Waals surface area (Å²) in [6.45, 7) is 0.386. The standard InChI is InChI=1S/C14H15F3N2O3S/c15-14(16,17)9-4-5-11(18-7-9)23-8-12(20)19-6-2-1-3-10(19)13(21)22/h4-5,7,10H,1-3,6,8H2,(H,21,22)/t10-/m1/s1. The molecule has 2 rings (SSSR count). The molecule has 1 fully saturated rings. The predicted molar refractivity (Wildman–Crippen MR) is 77.0 cm³/mol. The van der Waals surface area contributed by atoms with Crippen LogP contribution < -0.4 is 0 Å². The second-order valence-corrected chi connectivity index (χ2v) is 6.10. The summed E-state index contributed by atoms with van der Waals surface area (Å²) in [4.78, 5) is 28.3. The van der Waals surface area contributed by atoms with Gasteiger partial charge >= 0.3 is 12.1 Å². The van der Waals surface area contributed by atoms with E-state index in [1.807, 2.05) is 0 Å². The number of hydrogen-bond donors (Lipinski definition) is 1. The summed E-state index contributed by atoms with van der Waals surface area (Å²) in [5.74, 6) is -1.43. The van der Waals surface area contributed by atoms with Crippen LogP contribution in [0.4, 0.5) is 13.2 Å². The molecule has 1 aliphatic heterocycles. The number of alkyl halides is 3. The highest BCUT2D eigenvalue weighted by Crippen LogP contribution is 2.29. The number of nitrogens with zero attached hydrogens (tertiary/aromatic N) is 2. The molecule has 1 aliphatic rings. The highest BCUT2D eigenvalue weighted by molar-refractivity contribution is 7.99. The molecule has 1 aromatic heterocycles. The number of carboxylic acids is 1. The number of thioether (sulfide) groups is 1. The molecule has 5 nitrogen and oxygen atoms in total. The van der Waals surface area contributed by atoms with Crippen LogP contribution in [0.15, 0.2) is 23.4 Å². The third kappa shape index (κ3) is 4.60. The fourth-order valence-corrected chi connectivity index (χ4v) is 3.07. The van der Waals surface area contributed by atoms with Crippen molar-refractivity contribution in [2.24, 2.45) is 0 Å². The van der Waals surface area contributed by atoms with E-state index in [1.54, 1.807) is 0 Å². The fraction of sp³-hybridized carbons (Fsp3) is 0.500. The van der Waals surface area contributed by atoms with Crippen molar-refractivity contribution in [1.29, 1.82) is 0 Å². The minimum Gasteiger partial charge on any atom is -0.480 e. The van der Waals surface area contributed by atoms with E-state index in [0.717, 1.165) is 30.7 Å². The van der Waals surface area contributed by atoms with Crippen molar-refractivity contribution in [3.05, 3.63) is 23.9 Å². The van der Waals surface area contributed by atoms with E-state index in [4.69, 9.17) is 5.11 Å². The summed E-state index contributed by atoms with van der Waals surface area (Å²) >= 11 is 0.993. The Morgan fingerprint density at radius 1 is 1.35 bits per heavy atom. The zero-order chi connectivity index (χ0) is 17.0. The lowest BCUT2D eigenvalue weighted by Gasteiger charge is -2.32. The van der Waals surface area contributed by atoms with Crippen LogP contribution in [0.3, 0.4) is 0 Å². The van der Waals surface area contributed by atoms with E-state index in [0.29, 0.717) is 19.2 Å².